The number of benzene rings is 1. The van der Waals surface area contributed by atoms with Gasteiger partial charge in [-0.3, -0.25) is 9.69 Å². The molecule has 1 fully saturated rings. The van der Waals surface area contributed by atoms with Crippen LogP contribution < -0.4 is 4.74 Å². The number of rotatable bonds is 6. The van der Waals surface area contributed by atoms with Crippen molar-refractivity contribution in [2.75, 3.05) is 20.2 Å². The van der Waals surface area contributed by atoms with E-state index in [1.807, 2.05) is 51.1 Å². The molecule has 1 aliphatic rings. The molecule has 4 nitrogen and oxygen atoms in total. The summed E-state index contributed by atoms with van der Waals surface area (Å²) in [7, 11) is 1.65. The molecule has 1 saturated heterocycles. The number of methoxy groups -OCH3 is 1. The van der Waals surface area contributed by atoms with Crippen LogP contribution in [0.15, 0.2) is 36.9 Å². The lowest BCUT2D eigenvalue weighted by Crippen LogP contribution is -2.38. The molecule has 1 aromatic rings. The van der Waals surface area contributed by atoms with E-state index in [4.69, 9.17) is 9.47 Å². The Labute approximate surface area is 145 Å². The van der Waals surface area contributed by atoms with Crippen molar-refractivity contribution in [1.82, 2.24) is 4.90 Å². The second-order valence-corrected chi connectivity index (χ2v) is 7.35. The zero-order valence-electron chi connectivity index (χ0n) is 15.2. The first-order valence-electron chi connectivity index (χ1n) is 8.57. The lowest BCUT2D eigenvalue weighted by atomic mass is 9.95. The normalized spacial score (nSPS) is 19.8. The average Bonchev–Trinajstić information content (AvgIpc) is 3.00. The zero-order chi connectivity index (χ0) is 17.7. The van der Waals surface area contributed by atoms with Crippen LogP contribution in [0.4, 0.5) is 0 Å². The summed E-state index contributed by atoms with van der Waals surface area (Å²) >= 11 is 0. The van der Waals surface area contributed by atoms with Crippen LogP contribution in [0.1, 0.15) is 45.3 Å². The van der Waals surface area contributed by atoms with Gasteiger partial charge in [0.25, 0.3) is 0 Å². The maximum absolute atomic E-state index is 12.5. The molecule has 1 aliphatic heterocycles. The van der Waals surface area contributed by atoms with Gasteiger partial charge in [0.05, 0.1) is 18.6 Å². The van der Waals surface area contributed by atoms with Crippen LogP contribution in [0.2, 0.25) is 0 Å². The van der Waals surface area contributed by atoms with Crippen molar-refractivity contribution in [3.8, 4) is 5.75 Å². The third-order valence-electron chi connectivity index (χ3n) is 4.40. The molecule has 1 unspecified atom stereocenters. The Kier molecular flexibility index (Phi) is 6.05. The fourth-order valence-corrected chi connectivity index (χ4v) is 3.07. The minimum Gasteiger partial charge on any atom is -0.497 e. The SMILES string of the molecule is C=CCN1CCCC1[C@@H](OC(=O)C(C)(C)C)c1cccc(OC)c1. The van der Waals surface area contributed by atoms with E-state index in [-0.39, 0.29) is 18.1 Å². The Bertz CT molecular complexity index is 576. The van der Waals surface area contributed by atoms with E-state index in [0.717, 1.165) is 37.2 Å². The van der Waals surface area contributed by atoms with E-state index >= 15 is 0 Å². The first-order valence-corrected chi connectivity index (χ1v) is 8.57. The summed E-state index contributed by atoms with van der Waals surface area (Å²) in [5.41, 5.74) is 0.451. The minimum atomic E-state index is -0.529. The Morgan fingerprint density at radius 3 is 2.83 bits per heavy atom. The maximum Gasteiger partial charge on any atom is 0.311 e. The molecular formula is C20H29NO3. The predicted molar refractivity (Wildman–Crippen MR) is 96.1 cm³/mol. The van der Waals surface area contributed by atoms with Crippen molar-refractivity contribution in [2.24, 2.45) is 5.41 Å². The van der Waals surface area contributed by atoms with Crippen LogP contribution in [0, 0.1) is 5.41 Å². The highest BCUT2D eigenvalue weighted by Gasteiger charge is 2.37. The highest BCUT2D eigenvalue weighted by molar-refractivity contribution is 5.75. The van der Waals surface area contributed by atoms with Gasteiger partial charge >= 0.3 is 5.97 Å². The van der Waals surface area contributed by atoms with Gasteiger partial charge in [-0.05, 0) is 57.9 Å². The summed E-state index contributed by atoms with van der Waals surface area (Å²) in [5.74, 6) is 0.596. The fourth-order valence-electron chi connectivity index (χ4n) is 3.07. The molecule has 4 heteroatoms. The topological polar surface area (TPSA) is 38.8 Å². The van der Waals surface area contributed by atoms with Crippen molar-refractivity contribution in [3.05, 3.63) is 42.5 Å². The van der Waals surface area contributed by atoms with E-state index in [0.29, 0.717) is 0 Å². The predicted octanol–water partition coefficient (Wildman–Crippen LogP) is 3.98. The summed E-state index contributed by atoms with van der Waals surface area (Å²) in [5, 5.41) is 0. The van der Waals surface area contributed by atoms with Crippen molar-refractivity contribution in [1.29, 1.82) is 0 Å². The van der Waals surface area contributed by atoms with Gasteiger partial charge in [0.2, 0.25) is 0 Å². The van der Waals surface area contributed by atoms with Gasteiger partial charge in [-0.25, -0.2) is 0 Å². The van der Waals surface area contributed by atoms with Gasteiger partial charge in [-0.1, -0.05) is 18.2 Å². The van der Waals surface area contributed by atoms with E-state index in [9.17, 15) is 4.79 Å². The second kappa shape index (κ2) is 7.84. The molecule has 0 amide bonds. The number of hydrogen-bond donors (Lipinski definition) is 0. The third-order valence-corrected chi connectivity index (χ3v) is 4.40. The van der Waals surface area contributed by atoms with E-state index in [1.165, 1.54) is 0 Å². The summed E-state index contributed by atoms with van der Waals surface area (Å²) in [6.45, 7) is 11.3. The Balaban J connectivity index is 2.33. The standard InChI is InChI=1S/C20H29NO3/c1-6-12-21-13-8-11-17(21)18(24-19(22)20(2,3)4)15-9-7-10-16(14-15)23-5/h6-7,9-10,14,17-18H,1,8,11-13H2,2-5H3/t17?,18-/m0/s1. The van der Waals surface area contributed by atoms with Gasteiger partial charge in [0, 0.05) is 6.54 Å². The number of carbonyl (C=O) groups is 1. The van der Waals surface area contributed by atoms with Crippen LogP contribution in [0.5, 0.6) is 5.75 Å². The number of carbonyl (C=O) groups excluding carboxylic acids is 1. The van der Waals surface area contributed by atoms with E-state index in [2.05, 4.69) is 11.5 Å². The number of nitrogens with zero attached hydrogens (tertiary/aromatic N) is 1. The fraction of sp³-hybridized carbons (Fsp3) is 0.550. The van der Waals surface area contributed by atoms with Crippen LogP contribution in [-0.2, 0) is 9.53 Å². The Morgan fingerprint density at radius 2 is 2.21 bits per heavy atom. The van der Waals surface area contributed by atoms with Crippen LogP contribution in [0.25, 0.3) is 0 Å². The van der Waals surface area contributed by atoms with Gasteiger partial charge in [0.15, 0.2) is 0 Å². The van der Waals surface area contributed by atoms with Crippen molar-refractivity contribution in [3.63, 3.8) is 0 Å². The molecule has 1 heterocycles. The molecule has 0 spiro atoms. The molecule has 1 aromatic carbocycles. The van der Waals surface area contributed by atoms with Crippen molar-refractivity contribution < 1.29 is 14.3 Å². The lowest BCUT2D eigenvalue weighted by Gasteiger charge is -2.33. The monoisotopic (exact) mass is 331 g/mol. The summed E-state index contributed by atoms with van der Waals surface area (Å²) < 4.78 is 11.3. The molecule has 0 aromatic heterocycles. The van der Waals surface area contributed by atoms with Crippen LogP contribution in [-0.4, -0.2) is 37.1 Å². The third kappa shape index (κ3) is 4.38. The number of likely N-dealkylation sites (tertiary alicyclic amines) is 1. The first-order chi connectivity index (χ1) is 11.4. The van der Waals surface area contributed by atoms with E-state index in [1.54, 1.807) is 7.11 Å². The smallest absolute Gasteiger partial charge is 0.311 e. The van der Waals surface area contributed by atoms with Crippen molar-refractivity contribution in [2.45, 2.75) is 45.8 Å². The summed E-state index contributed by atoms with van der Waals surface area (Å²) in [6, 6.07) is 7.99. The Hall–Kier alpha value is -1.81. The van der Waals surface area contributed by atoms with Gasteiger partial charge in [-0.15, -0.1) is 6.58 Å². The van der Waals surface area contributed by atoms with Gasteiger partial charge in [0.1, 0.15) is 11.9 Å². The quantitative estimate of drug-likeness (QED) is 0.584. The maximum atomic E-state index is 12.5. The van der Waals surface area contributed by atoms with Gasteiger partial charge < -0.3 is 9.47 Å². The zero-order valence-corrected chi connectivity index (χ0v) is 15.2. The summed E-state index contributed by atoms with van der Waals surface area (Å²) in [4.78, 5) is 14.9. The largest absolute Gasteiger partial charge is 0.497 e. The average molecular weight is 331 g/mol. The number of hydrogen-bond acceptors (Lipinski definition) is 4. The highest BCUT2D eigenvalue weighted by Crippen LogP contribution is 2.35. The number of esters is 1. The van der Waals surface area contributed by atoms with Crippen LogP contribution >= 0.6 is 0 Å². The highest BCUT2D eigenvalue weighted by atomic mass is 16.5. The van der Waals surface area contributed by atoms with Gasteiger partial charge in [-0.2, -0.15) is 0 Å². The molecule has 0 radical (unpaired) electrons. The lowest BCUT2D eigenvalue weighted by molar-refractivity contribution is -0.162. The molecule has 2 atom stereocenters. The molecule has 0 aliphatic carbocycles. The van der Waals surface area contributed by atoms with Crippen LogP contribution in [0.3, 0.4) is 0 Å². The molecule has 24 heavy (non-hydrogen) atoms. The van der Waals surface area contributed by atoms with Crippen molar-refractivity contribution >= 4 is 5.97 Å². The molecule has 0 saturated carbocycles. The molecule has 0 bridgehead atoms. The minimum absolute atomic E-state index is 0.168. The molecular weight excluding hydrogens is 302 g/mol. The van der Waals surface area contributed by atoms with E-state index < -0.39 is 5.41 Å². The number of ether oxygens (including phenoxy) is 2. The second-order valence-electron chi connectivity index (χ2n) is 7.35. The molecule has 0 N–H and O–H groups in total. The Morgan fingerprint density at radius 1 is 1.46 bits per heavy atom. The molecule has 2 rings (SSSR count). The molecule has 132 valence electrons. The first kappa shape index (κ1) is 18.5. The summed E-state index contributed by atoms with van der Waals surface area (Å²) in [6.07, 6.45) is 3.72.